The first kappa shape index (κ1) is 68.8. The summed E-state index contributed by atoms with van der Waals surface area (Å²) < 4.78 is 16.9. The number of hydrogen-bond donors (Lipinski definition) is 0. The topological polar surface area (TPSA) is 78.9 Å². The molecule has 1 unspecified atom stereocenters. The van der Waals surface area contributed by atoms with Crippen molar-refractivity contribution in [2.75, 3.05) is 13.2 Å². The molecule has 416 valence electrons. The Hall–Kier alpha value is -3.15. The molecular formula is C66H116O6. The first-order valence-corrected chi connectivity index (χ1v) is 31.0. The molecule has 0 saturated carbocycles. The van der Waals surface area contributed by atoms with Gasteiger partial charge in [0.2, 0.25) is 0 Å². The summed E-state index contributed by atoms with van der Waals surface area (Å²) in [7, 11) is 0. The number of allylic oxidation sites excluding steroid dienone is 12. The number of ether oxygens (including phenoxy) is 3. The molecule has 0 heterocycles. The summed E-state index contributed by atoms with van der Waals surface area (Å²) in [6.45, 7) is 6.59. The van der Waals surface area contributed by atoms with Gasteiger partial charge in [-0.05, 0) is 77.0 Å². The van der Waals surface area contributed by atoms with Gasteiger partial charge in [-0.2, -0.15) is 0 Å². The zero-order valence-electron chi connectivity index (χ0n) is 47.7. The van der Waals surface area contributed by atoms with Gasteiger partial charge < -0.3 is 14.2 Å². The van der Waals surface area contributed by atoms with Gasteiger partial charge in [-0.3, -0.25) is 14.4 Å². The van der Waals surface area contributed by atoms with E-state index in [4.69, 9.17) is 14.2 Å². The first-order valence-electron chi connectivity index (χ1n) is 31.0. The van der Waals surface area contributed by atoms with Crippen molar-refractivity contribution in [1.82, 2.24) is 0 Å². The van der Waals surface area contributed by atoms with Crippen LogP contribution in [0.4, 0.5) is 0 Å². The fourth-order valence-electron chi connectivity index (χ4n) is 8.84. The largest absolute Gasteiger partial charge is 0.462 e. The fourth-order valence-corrected chi connectivity index (χ4v) is 8.84. The van der Waals surface area contributed by atoms with E-state index >= 15 is 0 Å². The van der Waals surface area contributed by atoms with E-state index in [2.05, 4.69) is 93.7 Å². The maximum absolute atomic E-state index is 12.9. The van der Waals surface area contributed by atoms with E-state index < -0.39 is 6.10 Å². The third-order valence-corrected chi connectivity index (χ3v) is 13.5. The van der Waals surface area contributed by atoms with Gasteiger partial charge in [-0.15, -0.1) is 0 Å². The van der Waals surface area contributed by atoms with E-state index in [1.807, 2.05) is 0 Å². The monoisotopic (exact) mass is 1000 g/mol. The molecule has 0 fully saturated rings. The lowest BCUT2D eigenvalue weighted by atomic mass is 10.0. The van der Waals surface area contributed by atoms with Gasteiger partial charge in [-0.1, -0.05) is 286 Å². The number of rotatable bonds is 56. The fraction of sp³-hybridized carbons (Fsp3) is 0.773. The Balaban J connectivity index is 4.42. The predicted octanol–water partition coefficient (Wildman–Crippen LogP) is 20.9. The Morgan fingerprint density at radius 2 is 0.556 bits per heavy atom. The van der Waals surface area contributed by atoms with Crippen LogP contribution < -0.4 is 0 Å². The number of carbonyl (C=O) groups is 3. The van der Waals surface area contributed by atoms with Crippen LogP contribution in [0.2, 0.25) is 0 Å². The molecule has 0 aromatic heterocycles. The molecule has 0 amide bonds. The van der Waals surface area contributed by atoms with Crippen molar-refractivity contribution in [1.29, 1.82) is 0 Å². The summed E-state index contributed by atoms with van der Waals surface area (Å²) in [4.78, 5) is 38.3. The Morgan fingerprint density at radius 3 is 0.917 bits per heavy atom. The molecule has 0 spiro atoms. The highest BCUT2D eigenvalue weighted by Crippen LogP contribution is 2.17. The van der Waals surface area contributed by atoms with E-state index in [0.29, 0.717) is 19.3 Å². The molecule has 0 aliphatic carbocycles. The maximum atomic E-state index is 12.9. The summed E-state index contributed by atoms with van der Waals surface area (Å²) in [5.74, 6) is -0.902. The Morgan fingerprint density at radius 1 is 0.292 bits per heavy atom. The van der Waals surface area contributed by atoms with Gasteiger partial charge in [0, 0.05) is 19.3 Å². The molecule has 0 rings (SSSR count). The third kappa shape index (κ3) is 57.7. The predicted molar refractivity (Wildman–Crippen MR) is 311 cm³/mol. The van der Waals surface area contributed by atoms with Crippen molar-refractivity contribution in [2.24, 2.45) is 0 Å². The Labute approximate surface area is 446 Å². The highest BCUT2D eigenvalue weighted by atomic mass is 16.6. The number of carbonyl (C=O) groups excluding carboxylic acids is 3. The molecule has 0 N–H and O–H groups in total. The maximum Gasteiger partial charge on any atom is 0.306 e. The van der Waals surface area contributed by atoms with Crippen LogP contribution in [0.3, 0.4) is 0 Å². The standard InChI is InChI=1S/C66H116O6/c1-4-7-10-13-16-19-22-25-28-31-33-36-38-41-44-47-50-53-56-59-65(68)71-62-63(61-70-64(67)58-55-52-49-46-43-40-37-34-30-27-24-21-18-15-12-9-6-3)72-66(69)60-57-54-51-48-45-42-39-35-32-29-26-23-20-17-14-11-8-5-2/h17-18,20-21,23,26-27,29-30,32,35,39,63H,4-16,19,22,24-25,28,31,33-34,36-38,40-62H2,1-3H3/b20-17-,21-18-,26-23-,30-27-,32-29-,39-35-. The van der Waals surface area contributed by atoms with Crippen molar-refractivity contribution in [3.05, 3.63) is 72.9 Å². The van der Waals surface area contributed by atoms with Gasteiger partial charge in [-0.25, -0.2) is 0 Å². The lowest BCUT2D eigenvalue weighted by Gasteiger charge is -2.18. The second kappa shape index (κ2) is 60.4. The molecule has 0 bridgehead atoms. The quantitative estimate of drug-likeness (QED) is 0.0199. The van der Waals surface area contributed by atoms with Crippen molar-refractivity contribution in [3.8, 4) is 0 Å². The average Bonchev–Trinajstić information content (AvgIpc) is 3.38. The minimum atomic E-state index is -0.791. The normalized spacial score (nSPS) is 12.5. The molecule has 72 heavy (non-hydrogen) atoms. The lowest BCUT2D eigenvalue weighted by Crippen LogP contribution is -2.30. The van der Waals surface area contributed by atoms with E-state index in [-0.39, 0.29) is 31.1 Å². The molecule has 6 heteroatoms. The zero-order chi connectivity index (χ0) is 52.2. The summed E-state index contributed by atoms with van der Waals surface area (Å²) in [6, 6.07) is 0. The van der Waals surface area contributed by atoms with Crippen molar-refractivity contribution < 1.29 is 28.6 Å². The highest BCUT2D eigenvalue weighted by Gasteiger charge is 2.19. The molecule has 0 saturated heterocycles. The molecule has 0 radical (unpaired) electrons. The molecule has 0 aliphatic rings. The molecule has 0 aromatic carbocycles. The minimum absolute atomic E-state index is 0.0852. The SMILES string of the molecule is CCCCC\C=C/C=C\C=C/C=C\CCCCCCCC(=O)OC(COC(=O)CCCCCCCCC/C=C\C/C=C\CCCCC)COC(=O)CCCCCCCCCCCCCCCCCCCCC. The molecular weight excluding hydrogens is 889 g/mol. The summed E-state index contributed by atoms with van der Waals surface area (Å²) in [6.07, 6.45) is 77.5. The van der Waals surface area contributed by atoms with Crippen LogP contribution in [-0.4, -0.2) is 37.2 Å². The lowest BCUT2D eigenvalue weighted by molar-refractivity contribution is -0.167. The van der Waals surface area contributed by atoms with Crippen LogP contribution in [-0.2, 0) is 28.6 Å². The highest BCUT2D eigenvalue weighted by molar-refractivity contribution is 5.71. The Bertz CT molecular complexity index is 1340. The number of esters is 3. The van der Waals surface area contributed by atoms with Gasteiger partial charge in [0.25, 0.3) is 0 Å². The zero-order valence-corrected chi connectivity index (χ0v) is 47.7. The molecule has 0 aromatic rings. The van der Waals surface area contributed by atoms with Crippen molar-refractivity contribution in [3.63, 3.8) is 0 Å². The average molecular weight is 1010 g/mol. The van der Waals surface area contributed by atoms with Gasteiger partial charge in [0.1, 0.15) is 13.2 Å². The Kier molecular flexibility index (Phi) is 57.8. The first-order chi connectivity index (χ1) is 35.5. The third-order valence-electron chi connectivity index (χ3n) is 13.5. The van der Waals surface area contributed by atoms with Crippen LogP contribution >= 0.6 is 0 Å². The second-order valence-corrected chi connectivity index (χ2v) is 20.7. The minimum Gasteiger partial charge on any atom is -0.462 e. The number of hydrogen-bond acceptors (Lipinski definition) is 6. The van der Waals surface area contributed by atoms with Crippen LogP contribution in [0.25, 0.3) is 0 Å². The van der Waals surface area contributed by atoms with Crippen LogP contribution in [0, 0.1) is 0 Å². The summed E-state index contributed by atoms with van der Waals surface area (Å²) in [5, 5.41) is 0. The van der Waals surface area contributed by atoms with E-state index in [1.165, 1.54) is 173 Å². The summed E-state index contributed by atoms with van der Waals surface area (Å²) >= 11 is 0. The van der Waals surface area contributed by atoms with Crippen LogP contribution in [0.1, 0.15) is 310 Å². The molecule has 6 nitrogen and oxygen atoms in total. The molecule has 1 atom stereocenters. The van der Waals surface area contributed by atoms with Gasteiger partial charge >= 0.3 is 17.9 Å². The van der Waals surface area contributed by atoms with Crippen LogP contribution in [0.5, 0.6) is 0 Å². The van der Waals surface area contributed by atoms with Crippen molar-refractivity contribution >= 4 is 17.9 Å². The van der Waals surface area contributed by atoms with Crippen LogP contribution in [0.15, 0.2) is 72.9 Å². The van der Waals surface area contributed by atoms with Crippen molar-refractivity contribution in [2.45, 2.75) is 316 Å². The second-order valence-electron chi connectivity index (χ2n) is 20.7. The smallest absolute Gasteiger partial charge is 0.306 e. The van der Waals surface area contributed by atoms with E-state index in [9.17, 15) is 14.4 Å². The van der Waals surface area contributed by atoms with E-state index in [1.54, 1.807) is 0 Å². The number of unbranched alkanes of at least 4 members (excludes halogenated alkanes) is 36. The van der Waals surface area contributed by atoms with Gasteiger partial charge in [0.15, 0.2) is 6.10 Å². The summed E-state index contributed by atoms with van der Waals surface area (Å²) in [5.41, 5.74) is 0. The molecule has 0 aliphatic heterocycles. The van der Waals surface area contributed by atoms with E-state index in [0.717, 1.165) is 96.3 Å². The van der Waals surface area contributed by atoms with Gasteiger partial charge in [0.05, 0.1) is 0 Å².